The topological polar surface area (TPSA) is 102 Å². The quantitative estimate of drug-likeness (QED) is 0.545. The van der Waals surface area contributed by atoms with Crippen molar-refractivity contribution in [1.29, 1.82) is 0 Å². The average Bonchev–Trinajstić information content (AvgIpc) is 2.83. The van der Waals surface area contributed by atoms with E-state index < -0.39 is 20.0 Å². The van der Waals surface area contributed by atoms with Crippen LogP contribution in [0.1, 0.15) is 12.0 Å². The predicted octanol–water partition coefficient (Wildman–Crippen LogP) is 3.65. The fourth-order valence-electron chi connectivity index (χ4n) is 3.77. The zero-order chi connectivity index (χ0) is 23.6. The Morgan fingerprint density at radius 3 is 2.24 bits per heavy atom. The van der Waals surface area contributed by atoms with Crippen molar-refractivity contribution in [2.24, 2.45) is 0 Å². The summed E-state index contributed by atoms with van der Waals surface area (Å²) in [4.78, 5) is 0.181. The molecule has 0 bridgehead atoms. The molecule has 0 spiro atoms. The lowest BCUT2D eigenvalue weighted by Gasteiger charge is -2.31. The number of anilines is 2. The van der Waals surface area contributed by atoms with Crippen molar-refractivity contribution in [3.05, 3.63) is 72.3 Å². The zero-order valence-electron chi connectivity index (χ0n) is 18.2. The van der Waals surface area contributed by atoms with Crippen LogP contribution >= 0.6 is 0 Å². The minimum absolute atomic E-state index is 0.00775. The van der Waals surface area contributed by atoms with Gasteiger partial charge in [0.2, 0.25) is 0 Å². The van der Waals surface area contributed by atoms with Crippen LogP contribution in [0.2, 0.25) is 0 Å². The highest BCUT2D eigenvalue weighted by molar-refractivity contribution is 7.93. The molecule has 0 unspecified atom stereocenters. The van der Waals surface area contributed by atoms with Crippen molar-refractivity contribution in [2.75, 3.05) is 29.8 Å². The molecule has 0 saturated heterocycles. The second-order valence-corrected chi connectivity index (χ2v) is 11.0. The lowest BCUT2D eigenvalue weighted by molar-refractivity contribution is 0.354. The van der Waals surface area contributed by atoms with E-state index in [9.17, 15) is 16.8 Å². The number of nitrogens with zero attached hydrogens (tertiary/aromatic N) is 1. The van der Waals surface area contributed by atoms with E-state index in [1.165, 1.54) is 36.7 Å². The molecule has 4 rings (SSSR count). The van der Waals surface area contributed by atoms with E-state index in [2.05, 4.69) is 4.72 Å². The van der Waals surface area contributed by atoms with Gasteiger partial charge in [0.15, 0.2) is 11.5 Å². The summed E-state index contributed by atoms with van der Waals surface area (Å²) in [5, 5.41) is 0. The molecule has 8 nitrogen and oxygen atoms in total. The summed E-state index contributed by atoms with van der Waals surface area (Å²) in [5.74, 6) is 0.693. The number of hydrogen-bond donors (Lipinski definition) is 1. The number of benzene rings is 3. The van der Waals surface area contributed by atoms with Crippen molar-refractivity contribution in [2.45, 2.75) is 22.6 Å². The van der Waals surface area contributed by atoms with E-state index in [4.69, 9.17) is 9.47 Å². The van der Waals surface area contributed by atoms with Crippen molar-refractivity contribution in [3.8, 4) is 11.5 Å². The molecule has 10 heteroatoms. The number of nitrogens with one attached hydrogen (secondary N) is 1. The Balaban J connectivity index is 1.69. The van der Waals surface area contributed by atoms with Gasteiger partial charge in [-0.05, 0) is 54.8 Å². The first kappa shape index (κ1) is 22.9. The summed E-state index contributed by atoms with van der Waals surface area (Å²) in [6, 6.07) is 17.4. The van der Waals surface area contributed by atoms with Gasteiger partial charge in [0.25, 0.3) is 20.0 Å². The summed E-state index contributed by atoms with van der Waals surface area (Å²) in [6.07, 6.45) is 1.38. The fraction of sp³-hybridized carbons (Fsp3) is 0.217. The van der Waals surface area contributed by atoms with E-state index in [0.29, 0.717) is 30.8 Å². The van der Waals surface area contributed by atoms with E-state index in [1.807, 2.05) is 0 Å². The lowest BCUT2D eigenvalue weighted by atomic mass is 10.0. The molecular formula is C23H24N2O6S2. The molecule has 1 aliphatic heterocycles. The maximum Gasteiger partial charge on any atom is 0.264 e. The van der Waals surface area contributed by atoms with Crippen LogP contribution in [0.4, 0.5) is 11.4 Å². The number of rotatable bonds is 7. The van der Waals surface area contributed by atoms with Gasteiger partial charge >= 0.3 is 0 Å². The first-order valence-electron chi connectivity index (χ1n) is 10.2. The molecule has 0 radical (unpaired) electrons. The SMILES string of the molecule is COc1ccc(S(=O)(=O)Nc2ccc3c(c2)N(S(=O)(=O)c2ccccc2)CCC3)cc1OC. The standard InChI is InChI=1S/C23H24N2O6S2/c1-30-22-13-12-20(16-23(22)31-2)32(26,27)24-18-11-10-17-7-6-14-25(21(17)15-18)33(28,29)19-8-4-3-5-9-19/h3-5,8-13,15-16,24H,6-7,14H2,1-2H3. The first-order chi connectivity index (χ1) is 15.8. The highest BCUT2D eigenvalue weighted by Crippen LogP contribution is 2.35. The molecule has 1 N–H and O–H groups in total. The smallest absolute Gasteiger partial charge is 0.264 e. The van der Waals surface area contributed by atoms with Gasteiger partial charge in [-0.2, -0.15) is 0 Å². The Labute approximate surface area is 193 Å². The summed E-state index contributed by atoms with van der Waals surface area (Å²) >= 11 is 0. The first-order valence-corrected chi connectivity index (χ1v) is 13.1. The fourth-order valence-corrected chi connectivity index (χ4v) is 6.39. The second kappa shape index (κ2) is 8.95. The molecule has 174 valence electrons. The van der Waals surface area contributed by atoms with Crippen LogP contribution in [-0.4, -0.2) is 37.6 Å². The average molecular weight is 489 g/mol. The van der Waals surface area contributed by atoms with Crippen LogP contribution in [0.25, 0.3) is 0 Å². The number of hydrogen-bond acceptors (Lipinski definition) is 6. The van der Waals surface area contributed by atoms with Crippen LogP contribution < -0.4 is 18.5 Å². The Hall–Kier alpha value is -3.24. The molecule has 3 aromatic carbocycles. The van der Waals surface area contributed by atoms with Crippen LogP contribution in [0.3, 0.4) is 0 Å². The maximum absolute atomic E-state index is 13.3. The van der Waals surface area contributed by atoms with Gasteiger partial charge in [-0.3, -0.25) is 9.03 Å². The molecule has 1 aliphatic rings. The third-order valence-electron chi connectivity index (χ3n) is 5.41. The van der Waals surface area contributed by atoms with Gasteiger partial charge in [0, 0.05) is 12.6 Å². The van der Waals surface area contributed by atoms with Gasteiger partial charge in [-0.1, -0.05) is 24.3 Å². The van der Waals surface area contributed by atoms with Crippen LogP contribution in [0.5, 0.6) is 11.5 Å². The summed E-state index contributed by atoms with van der Waals surface area (Å²) < 4.78 is 66.8. The highest BCUT2D eigenvalue weighted by atomic mass is 32.2. The van der Waals surface area contributed by atoms with Gasteiger partial charge in [-0.25, -0.2) is 16.8 Å². The molecule has 0 aromatic heterocycles. The van der Waals surface area contributed by atoms with Crippen molar-refractivity contribution < 1.29 is 26.3 Å². The van der Waals surface area contributed by atoms with Crippen LogP contribution in [0.15, 0.2) is 76.5 Å². The number of aryl methyl sites for hydroxylation is 1. The van der Waals surface area contributed by atoms with E-state index in [1.54, 1.807) is 48.5 Å². The molecule has 0 atom stereocenters. The van der Waals surface area contributed by atoms with E-state index >= 15 is 0 Å². The van der Waals surface area contributed by atoms with E-state index in [0.717, 1.165) is 5.56 Å². The molecule has 33 heavy (non-hydrogen) atoms. The van der Waals surface area contributed by atoms with E-state index in [-0.39, 0.29) is 21.2 Å². The number of fused-ring (bicyclic) bond motifs is 1. The highest BCUT2D eigenvalue weighted by Gasteiger charge is 2.29. The van der Waals surface area contributed by atoms with Crippen molar-refractivity contribution >= 4 is 31.4 Å². The van der Waals surface area contributed by atoms with Gasteiger partial charge in [0.1, 0.15) is 0 Å². The van der Waals surface area contributed by atoms with Crippen molar-refractivity contribution in [3.63, 3.8) is 0 Å². The molecular weight excluding hydrogens is 464 g/mol. The Morgan fingerprint density at radius 1 is 0.818 bits per heavy atom. The molecule has 0 fully saturated rings. The molecule has 0 saturated carbocycles. The Bertz CT molecular complexity index is 1370. The van der Waals surface area contributed by atoms with Crippen LogP contribution in [0, 0.1) is 0 Å². The normalized spacial score (nSPS) is 13.8. The lowest BCUT2D eigenvalue weighted by Crippen LogP contribution is -2.35. The van der Waals surface area contributed by atoms with Crippen molar-refractivity contribution in [1.82, 2.24) is 0 Å². The predicted molar refractivity (Wildman–Crippen MR) is 126 cm³/mol. The number of methoxy groups -OCH3 is 2. The number of sulfonamides is 2. The summed E-state index contributed by atoms with van der Waals surface area (Å²) in [6.45, 7) is 0.316. The van der Waals surface area contributed by atoms with Gasteiger partial charge in [-0.15, -0.1) is 0 Å². The monoisotopic (exact) mass is 488 g/mol. The molecule has 0 amide bonds. The van der Waals surface area contributed by atoms with Crippen LogP contribution in [-0.2, 0) is 26.5 Å². The molecule has 1 heterocycles. The Kier molecular flexibility index (Phi) is 6.22. The molecule has 0 aliphatic carbocycles. The minimum Gasteiger partial charge on any atom is -0.493 e. The Morgan fingerprint density at radius 2 is 1.55 bits per heavy atom. The zero-order valence-corrected chi connectivity index (χ0v) is 19.8. The second-order valence-electron chi connectivity index (χ2n) is 7.46. The largest absolute Gasteiger partial charge is 0.493 e. The minimum atomic E-state index is -3.96. The number of ether oxygens (including phenoxy) is 2. The summed E-state index contributed by atoms with van der Waals surface area (Å²) in [5.41, 5.74) is 1.58. The third kappa shape index (κ3) is 4.49. The van der Waals surface area contributed by atoms with Gasteiger partial charge < -0.3 is 9.47 Å². The third-order valence-corrected chi connectivity index (χ3v) is 8.62. The summed E-state index contributed by atoms with van der Waals surface area (Å²) in [7, 11) is -4.85. The molecule has 3 aromatic rings. The van der Waals surface area contributed by atoms with Gasteiger partial charge in [0.05, 0.1) is 35.4 Å². The maximum atomic E-state index is 13.3.